The average Bonchev–Trinajstić information content (AvgIpc) is 3.49. The first-order valence-corrected chi connectivity index (χ1v) is 12.1. The number of hydrogen-bond acceptors (Lipinski definition) is 8. The van der Waals surface area contributed by atoms with Crippen molar-refractivity contribution in [3.8, 4) is 11.6 Å². The van der Waals surface area contributed by atoms with E-state index in [0.29, 0.717) is 28.1 Å². The summed E-state index contributed by atoms with van der Waals surface area (Å²) in [5.74, 6) is -0.320. The van der Waals surface area contributed by atoms with Crippen LogP contribution < -0.4 is 10.1 Å². The van der Waals surface area contributed by atoms with E-state index in [1.54, 1.807) is 11.6 Å². The van der Waals surface area contributed by atoms with Gasteiger partial charge >= 0.3 is 5.97 Å². The van der Waals surface area contributed by atoms with Crippen LogP contribution in [0.2, 0.25) is 0 Å². The van der Waals surface area contributed by atoms with Crippen LogP contribution in [0.3, 0.4) is 0 Å². The van der Waals surface area contributed by atoms with Gasteiger partial charge in [-0.3, -0.25) is 4.79 Å². The van der Waals surface area contributed by atoms with E-state index in [-0.39, 0.29) is 17.1 Å². The molecule has 0 aliphatic carbocycles. The van der Waals surface area contributed by atoms with Crippen LogP contribution in [0.25, 0.3) is 0 Å². The SMILES string of the molecule is CC(C)(C(=O)Nc1nncs1)[C@H]1c2ccccc2Oc2nc(C3CC=C(C(=O)O)S3)ccc21. The topological polar surface area (TPSA) is 114 Å². The van der Waals surface area contributed by atoms with Gasteiger partial charge in [-0.1, -0.05) is 55.5 Å². The number of thioether (sulfide) groups is 1. The first-order valence-electron chi connectivity index (χ1n) is 10.3. The number of hydrogen-bond donors (Lipinski definition) is 2. The highest BCUT2D eigenvalue weighted by Crippen LogP contribution is 2.52. The number of carbonyl (C=O) groups excluding carboxylic acids is 1. The molecule has 1 unspecified atom stereocenters. The van der Waals surface area contributed by atoms with E-state index in [2.05, 4.69) is 15.5 Å². The molecule has 33 heavy (non-hydrogen) atoms. The van der Waals surface area contributed by atoms with Gasteiger partial charge in [0.25, 0.3) is 0 Å². The van der Waals surface area contributed by atoms with E-state index in [1.807, 2.05) is 50.2 Å². The Morgan fingerprint density at radius 3 is 2.73 bits per heavy atom. The van der Waals surface area contributed by atoms with E-state index in [1.165, 1.54) is 23.1 Å². The van der Waals surface area contributed by atoms with E-state index in [9.17, 15) is 14.7 Å². The van der Waals surface area contributed by atoms with Crippen LogP contribution in [0, 0.1) is 5.41 Å². The molecule has 168 valence electrons. The number of carboxylic acids is 1. The third-order valence-corrected chi connectivity index (χ3v) is 7.79. The Labute approximate surface area is 198 Å². The Balaban J connectivity index is 1.52. The molecule has 10 heteroatoms. The predicted molar refractivity (Wildman–Crippen MR) is 126 cm³/mol. The van der Waals surface area contributed by atoms with Crippen molar-refractivity contribution in [3.63, 3.8) is 0 Å². The second kappa shape index (κ2) is 8.27. The molecular weight excluding hydrogens is 460 g/mol. The number of carboxylic acid groups (broad SMARTS) is 1. The van der Waals surface area contributed by atoms with Crippen LogP contribution in [0.5, 0.6) is 11.6 Å². The Morgan fingerprint density at radius 2 is 2.00 bits per heavy atom. The summed E-state index contributed by atoms with van der Waals surface area (Å²) in [7, 11) is 0. The van der Waals surface area contributed by atoms with Crippen molar-refractivity contribution in [2.45, 2.75) is 31.4 Å². The highest BCUT2D eigenvalue weighted by molar-refractivity contribution is 8.04. The normalized spacial score (nSPS) is 19.2. The molecule has 5 rings (SSSR count). The molecule has 0 spiro atoms. The number of fused-ring (bicyclic) bond motifs is 2. The standard InChI is InChI=1S/C23H20N4O4S2/c1-23(2,21(30)26-22-27-24-11-32-22)18-12-5-3-4-6-15(12)31-19-13(18)7-8-14(25-19)16-9-10-17(33-16)20(28)29/h3-8,10-11,16,18H,9H2,1-2H3,(H,28,29)(H,26,27,30)/t16?,18-/m0/s1. The molecule has 0 saturated heterocycles. The largest absolute Gasteiger partial charge is 0.477 e. The zero-order valence-electron chi connectivity index (χ0n) is 17.8. The van der Waals surface area contributed by atoms with Crippen molar-refractivity contribution in [3.05, 3.63) is 69.7 Å². The van der Waals surface area contributed by atoms with Gasteiger partial charge in [0.05, 0.1) is 21.3 Å². The molecule has 1 aromatic carbocycles. The van der Waals surface area contributed by atoms with Crippen LogP contribution >= 0.6 is 23.1 Å². The van der Waals surface area contributed by atoms with Crippen LogP contribution in [0.4, 0.5) is 5.13 Å². The summed E-state index contributed by atoms with van der Waals surface area (Å²) in [4.78, 5) is 29.7. The molecule has 1 amide bonds. The quantitative estimate of drug-likeness (QED) is 0.525. The number of pyridine rings is 1. The number of anilines is 1. The van der Waals surface area contributed by atoms with Crippen molar-refractivity contribution < 1.29 is 19.4 Å². The van der Waals surface area contributed by atoms with Gasteiger partial charge in [0.1, 0.15) is 11.3 Å². The number of aromatic nitrogens is 3. The third-order valence-electron chi connectivity index (χ3n) is 5.87. The number of rotatable bonds is 5. The summed E-state index contributed by atoms with van der Waals surface area (Å²) in [5.41, 5.74) is 3.18. The predicted octanol–water partition coefficient (Wildman–Crippen LogP) is 4.98. The maximum atomic E-state index is 13.3. The van der Waals surface area contributed by atoms with E-state index in [4.69, 9.17) is 9.72 Å². The van der Waals surface area contributed by atoms with Crippen molar-refractivity contribution in [1.29, 1.82) is 0 Å². The molecule has 0 bridgehead atoms. The molecule has 2 aromatic heterocycles. The Bertz CT molecular complexity index is 1270. The van der Waals surface area contributed by atoms with Crippen molar-refractivity contribution in [1.82, 2.24) is 15.2 Å². The molecule has 2 N–H and O–H groups in total. The molecule has 2 aliphatic heterocycles. The molecule has 2 atom stereocenters. The molecule has 2 aliphatic rings. The number of allylic oxidation sites excluding steroid dienone is 1. The fraction of sp³-hybridized carbons (Fsp3) is 0.261. The second-order valence-corrected chi connectivity index (χ2v) is 10.4. The summed E-state index contributed by atoms with van der Waals surface area (Å²) >= 11 is 2.55. The number of nitrogens with zero attached hydrogens (tertiary/aromatic N) is 3. The maximum absolute atomic E-state index is 13.3. The lowest BCUT2D eigenvalue weighted by Gasteiger charge is -2.37. The van der Waals surface area contributed by atoms with E-state index in [0.717, 1.165) is 16.8 Å². The third kappa shape index (κ3) is 3.89. The van der Waals surface area contributed by atoms with Crippen LogP contribution in [-0.4, -0.2) is 32.2 Å². The summed E-state index contributed by atoms with van der Waals surface area (Å²) in [5, 5.41) is 20.2. The van der Waals surface area contributed by atoms with Gasteiger partial charge in [0.2, 0.25) is 16.9 Å². The van der Waals surface area contributed by atoms with Gasteiger partial charge in [0.15, 0.2) is 0 Å². The number of para-hydroxylation sites is 1. The van der Waals surface area contributed by atoms with Gasteiger partial charge < -0.3 is 15.2 Å². The van der Waals surface area contributed by atoms with Crippen LogP contribution in [0.1, 0.15) is 48.3 Å². The lowest BCUT2D eigenvalue weighted by Crippen LogP contribution is -2.38. The molecule has 8 nitrogen and oxygen atoms in total. The number of aliphatic carboxylic acids is 1. The van der Waals surface area contributed by atoms with E-state index >= 15 is 0 Å². The smallest absolute Gasteiger partial charge is 0.341 e. The molecule has 0 fully saturated rings. The van der Waals surface area contributed by atoms with E-state index < -0.39 is 11.4 Å². The highest BCUT2D eigenvalue weighted by atomic mass is 32.2. The average molecular weight is 481 g/mol. The number of amides is 1. The monoisotopic (exact) mass is 480 g/mol. The molecule has 0 radical (unpaired) electrons. The summed E-state index contributed by atoms with van der Waals surface area (Å²) < 4.78 is 6.16. The van der Waals surface area contributed by atoms with Gasteiger partial charge in [0, 0.05) is 17.0 Å². The van der Waals surface area contributed by atoms with Crippen LogP contribution in [-0.2, 0) is 9.59 Å². The first-order chi connectivity index (χ1) is 15.8. The highest BCUT2D eigenvalue weighted by Gasteiger charge is 2.44. The summed E-state index contributed by atoms with van der Waals surface area (Å²) in [6.45, 7) is 3.79. The molecule has 0 saturated carbocycles. The summed E-state index contributed by atoms with van der Waals surface area (Å²) in [6, 6.07) is 11.5. The lowest BCUT2D eigenvalue weighted by molar-refractivity contribution is -0.131. The zero-order chi connectivity index (χ0) is 23.2. The zero-order valence-corrected chi connectivity index (χ0v) is 19.4. The van der Waals surface area contributed by atoms with Crippen molar-refractivity contribution in [2.24, 2.45) is 5.41 Å². The maximum Gasteiger partial charge on any atom is 0.341 e. The van der Waals surface area contributed by atoms with Gasteiger partial charge in [-0.25, -0.2) is 9.78 Å². The Kier molecular flexibility index (Phi) is 5.41. The Morgan fingerprint density at radius 1 is 1.18 bits per heavy atom. The molecular formula is C23H20N4O4S2. The minimum absolute atomic E-state index is 0.0886. The fourth-order valence-corrected chi connectivity index (χ4v) is 5.69. The van der Waals surface area contributed by atoms with Gasteiger partial charge in [-0.15, -0.1) is 22.0 Å². The van der Waals surface area contributed by atoms with Crippen LogP contribution in [0.15, 0.2) is 52.9 Å². The number of nitrogens with one attached hydrogen (secondary N) is 1. The van der Waals surface area contributed by atoms with Gasteiger partial charge in [-0.05, 0) is 18.6 Å². The minimum Gasteiger partial charge on any atom is -0.477 e. The van der Waals surface area contributed by atoms with Crippen molar-refractivity contribution in [2.75, 3.05) is 5.32 Å². The number of carbonyl (C=O) groups is 2. The fourth-order valence-electron chi connectivity index (χ4n) is 4.21. The number of benzene rings is 1. The lowest BCUT2D eigenvalue weighted by atomic mass is 9.69. The van der Waals surface area contributed by atoms with Gasteiger partial charge in [-0.2, -0.15) is 0 Å². The molecule has 3 aromatic rings. The first kappa shape index (κ1) is 21.6. The second-order valence-electron chi connectivity index (χ2n) is 8.34. The molecule has 4 heterocycles. The van der Waals surface area contributed by atoms with Crippen molar-refractivity contribution >= 4 is 40.1 Å². The number of ether oxygens (including phenoxy) is 1. The summed E-state index contributed by atoms with van der Waals surface area (Å²) in [6.07, 6.45) is 2.31. The Hall–Kier alpha value is -3.24. The minimum atomic E-state index is -0.922.